The van der Waals surface area contributed by atoms with Gasteiger partial charge >= 0.3 is 5.97 Å². The van der Waals surface area contributed by atoms with Gasteiger partial charge in [0.05, 0.1) is 11.5 Å². The zero-order chi connectivity index (χ0) is 15.6. The van der Waals surface area contributed by atoms with Crippen molar-refractivity contribution in [3.8, 4) is 11.3 Å². The molecule has 2 aromatic rings. The minimum atomic E-state index is -3.52. The molecule has 21 heavy (non-hydrogen) atoms. The highest BCUT2D eigenvalue weighted by Crippen LogP contribution is 2.25. The van der Waals surface area contributed by atoms with Crippen molar-refractivity contribution >= 4 is 15.8 Å². The number of aromatic nitrogens is 3. The molecule has 0 fully saturated rings. The summed E-state index contributed by atoms with van der Waals surface area (Å²) in [5, 5.41) is 9.57. The van der Waals surface area contributed by atoms with Gasteiger partial charge in [-0.25, -0.2) is 17.6 Å². The first kappa shape index (κ1) is 15.1. The fraction of sp³-hybridized carbons (Fsp3) is 0.250. The normalized spacial score (nSPS) is 11.4. The van der Waals surface area contributed by atoms with Crippen LogP contribution in [0.1, 0.15) is 17.4 Å². The van der Waals surface area contributed by atoms with E-state index in [1.807, 2.05) is 0 Å². The molecule has 7 nitrogen and oxygen atoms in total. The predicted molar refractivity (Wildman–Crippen MR) is 70.8 cm³/mol. The maximum atomic E-state index is 14.1. The van der Waals surface area contributed by atoms with Crippen LogP contribution in [0.5, 0.6) is 0 Å². The Labute approximate surface area is 120 Å². The van der Waals surface area contributed by atoms with Gasteiger partial charge in [0.1, 0.15) is 11.5 Å². The summed E-state index contributed by atoms with van der Waals surface area (Å²) in [6, 6.07) is 3.33. The van der Waals surface area contributed by atoms with Crippen LogP contribution < -0.4 is 0 Å². The molecule has 0 unspecified atom stereocenters. The topological polar surface area (TPSA) is 102 Å². The maximum Gasteiger partial charge on any atom is 0.361 e. The number of H-pyrrole nitrogens is 1. The maximum absolute atomic E-state index is 14.1. The van der Waals surface area contributed by atoms with Crippen molar-refractivity contribution in [3.63, 3.8) is 0 Å². The predicted octanol–water partition coefficient (Wildman–Crippen LogP) is 1.19. The summed E-state index contributed by atoms with van der Waals surface area (Å²) in [6.07, 6.45) is 0.974. The van der Waals surface area contributed by atoms with Crippen LogP contribution in [0.3, 0.4) is 0 Å². The molecule has 1 heterocycles. The molecule has 112 valence electrons. The van der Waals surface area contributed by atoms with Gasteiger partial charge in [-0.05, 0) is 25.1 Å². The minimum absolute atomic E-state index is 0.0361. The number of carbonyl (C=O) groups excluding carboxylic acids is 1. The first-order valence-corrected chi connectivity index (χ1v) is 7.81. The Balaban J connectivity index is 2.49. The zero-order valence-electron chi connectivity index (χ0n) is 11.3. The fourth-order valence-corrected chi connectivity index (χ4v) is 2.31. The summed E-state index contributed by atoms with van der Waals surface area (Å²) >= 11 is 0. The van der Waals surface area contributed by atoms with Gasteiger partial charge in [-0.2, -0.15) is 10.3 Å². The molecule has 0 saturated heterocycles. The average molecular weight is 313 g/mol. The number of carbonyl (C=O) groups is 1. The second-order valence-corrected chi connectivity index (χ2v) is 6.17. The molecule has 0 aliphatic rings. The van der Waals surface area contributed by atoms with Crippen LogP contribution in [0.2, 0.25) is 0 Å². The molecule has 0 radical (unpaired) electrons. The van der Waals surface area contributed by atoms with E-state index in [9.17, 15) is 17.6 Å². The molecule has 0 spiro atoms. The fourth-order valence-electron chi connectivity index (χ4n) is 1.68. The molecule has 1 N–H and O–H groups in total. The first-order valence-electron chi connectivity index (χ1n) is 5.92. The number of nitrogens with zero attached hydrogens (tertiary/aromatic N) is 2. The van der Waals surface area contributed by atoms with Gasteiger partial charge in [-0.3, -0.25) is 0 Å². The summed E-state index contributed by atoms with van der Waals surface area (Å²) < 4.78 is 41.6. The van der Waals surface area contributed by atoms with Crippen LogP contribution in [0.25, 0.3) is 11.3 Å². The number of sulfone groups is 1. The standard InChI is InChI=1S/C12H12FN3O4S/c1-3-20-12(17)11-10(14-16-15-11)8-5-4-7(6-9(8)13)21(2,18)19/h4-6H,3H2,1-2H3,(H,14,15,16). The second kappa shape index (κ2) is 5.60. The van der Waals surface area contributed by atoms with Crippen molar-refractivity contribution in [1.82, 2.24) is 15.4 Å². The van der Waals surface area contributed by atoms with Crippen molar-refractivity contribution in [1.29, 1.82) is 0 Å². The zero-order valence-corrected chi connectivity index (χ0v) is 12.1. The van der Waals surface area contributed by atoms with Crippen molar-refractivity contribution in [2.24, 2.45) is 0 Å². The third-order valence-corrected chi connectivity index (χ3v) is 3.75. The number of hydrogen-bond donors (Lipinski definition) is 1. The highest BCUT2D eigenvalue weighted by atomic mass is 32.2. The number of hydrogen-bond acceptors (Lipinski definition) is 6. The van der Waals surface area contributed by atoms with E-state index in [0.717, 1.165) is 12.3 Å². The average Bonchev–Trinajstić information content (AvgIpc) is 2.86. The van der Waals surface area contributed by atoms with E-state index < -0.39 is 21.6 Å². The molecule has 0 atom stereocenters. The number of halogens is 1. The summed E-state index contributed by atoms with van der Waals surface area (Å²) in [7, 11) is -3.52. The third kappa shape index (κ3) is 3.07. The van der Waals surface area contributed by atoms with Gasteiger partial charge in [0.25, 0.3) is 0 Å². The monoisotopic (exact) mass is 313 g/mol. The Morgan fingerprint density at radius 2 is 2.10 bits per heavy atom. The lowest BCUT2D eigenvalue weighted by Gasteiger charge is -2.04. The first-order chi connectivity index (χ1) is 9.84. The van der Waals surface area contributed by atoms with Crippen molar-refractivity contribution < 1.29 is 22.3 Å². The molecule has 0 bridgehead atoms. The summed E-state index contributed by atoms with van der Waals surface area (Å²) in [5.41, 5.74) is -0.243. The number of esters is 1. The van der Waals surface area contributed by atoms with E-state index in [1.165, 1.54) is 12.1 Å². The molecule has 0 aliphatic heterocycles. The Kier molecular flexibility index (Phi) is 4.03. The Morgan fingerprint density at radius 3 is 2.67 bits per heavy atom. The van der Waals surface area contributed by atoms with Crippen LogP contribution in [0, 0.1) is 5.82 Å². The number of nitrogens with one attached hydrogen (secondary N) is 1. The molecule has 1 aromatic carbocycles. The van der Waals surface area contributed by atoms with E-state index in [4.69, 9.17) is 4.74 Å². The van der Waals surface area contributed by atoms with Gasteiger partial charge in [0.2, 0.25) is 0 Å². The molecular weight excluding hydrogens is 301 g/mol. The Hall–Kier alpha value is -2.29. The van der Waals surface area contributed by atoms with Crippen LogP contribution in [0.4, 0.5) is 4.39 Å². The smallest absolute Gasteiger partial charge is 0.361 e. The molecular formula is C12H12FN3O4S. The Bertz CT molecular complexity index is 786. The molecule has 9 heteroatoms. The number of benzene rings is 1. The van der Waals surface area contributed by atoms with E-state index in [-0.39, 0.29) is 28.5 Å². The highest BCUT2D eigenvalue weighted by molar-refractivity contribution is 7.90. The number of rotatable bonds is 4. The molecule has 1 aromatic heterocycles. The number of ether oxygens (including phenoxy) is 1. The third-order valence-electron chi connectivity index (χ3n) is 2.64. The lowest BCUT2D eigenvalue weighted by Crippen LogP contribution is -2.07. The van der Waals surface area contributed by atoms with E-state index in [2.05, 4.69) is 15.4 Å². The van der Waals surface area contributed by atoms with E-state index >= 15 is 0 Å². The van der Waals surface area contributed by atoms with Crippen molar-refractivity contribution in [3.05, 3.63) is 29.7 Å². The molecule has 0 saturated carbocycles. The largest absolute Gasteiger partial charge is 0.461 e. The summed E-state index contributed by atoms with van der Waals surface area (Å²) in [5.74, 6) is -1.56. The van der Waals surface area contributed by atoms with Gasteiger partial charge in [0.15, 0.2) is 15.5 Å². The van der Waals surface area contributed by atoms with Gasteiger partial charge in [-0.15, -0.1) is 5.10 Å². The lowest BCUT2D eigenvalue weighted by molar-refractivity contribution is 0.0520. The van der Waals surface area contributed by atoms with Crippen LogP contribution >= 0.6 is 0 Å². The van der Waals surface area contributed by atoms with Gasteiger partial charge < -0.3 is 4.74 Å². The Morgan fingerprint density at radius 1 is 1.38 bits per heavy atom. The SMILES string of the molecule is CCOC(=O)c1n[nH]nc1-c1ccc(S(C)(=O)=O)cc1F. The van der Waals surface area contributed by atoms with Crippen LogP contribution in [-0.4, -0.2) is 42.7 Å². The van der Waals surface area contributed by atoms with Crippen molar-refractivity contribution in [2.45, 2.75) is 11.8 Å². The summed E-state index contributed by atoms with van der Waals surface area (Å²) in [4.78, 5) is 11.5. The highest BCUT2D eigenvalue weighted by Gasteiger charge is 2.22. The molecule has 0 aliphatic carbocycles. The lowest BCUT2D eigenvalue weighted by atomic mass is 10.1. The van der Waals surface area contributed by atoms with Crippen molar-refractivity contribution in [2.75, 3.05) is 12.9 Å². The summed E-state index contributed by atoms with van der Waals surface area (Å²) in [6.45, 7) is 1.76. The van der Waals surface area contributed by atoms with Crippen LogP contribution in [-0.2, 0) is 14.6 Å². The molecule has 0 amide bonds. The second-order valence-electron chi connectivity index (χ2n) is 4.16. The quantitative estimate of drug-likeness (QED) is 0.851. The minimum Gasteiger partial charge on any atom is -0.461 e. The van der Waals surface area contributed by atoms with E-state index in [0.29, 0.717) is 0 Å². The van der Waals surface area contributed by atoms with E-state index in [1.54, 1.807) is 6.92 Å². The molecule has 2 rings (SSSR count). The van der Waals surface area contributed by atoms with Gasteiger partial charge in [0, 0.05) is 11.8 Å². The number of aromatic amines is 1. The van der Waals surface area contributed by atoms with Crippen LogP contribution in [0.15, 0.2) is 23.1 Å². The van der Waals surface area contributed by atoms with Gasteiger partial charge in [-0.1, -0.05) is 0 Å².